The van der Waals surface area contributed by atoms with Crippen LogP contribution in [0.5, 0.6) is 0 Å². The largest absolute Gasteiger partial charge is 0.363 e. The Bertz CT molecular complexity index is 385. The van der Waals surface area contributed by atoms with Gasteiger partial charge in [0.05, 0.1) is 0 Å². The SMILES string of the molecule is CN(C)c1ccc(S(=O)(=O)Cl)cn1. The zero-order valence-corrected chi connectivity index (χ0v) is 8.80. The fraction of sp³-hybridized carbons (Fsp3) is 0.286. The van der Waals surface area contributed by atoms with Gasteiger partial charge in [0.25, 0.3) is 9.05 Å². The van der Waals surface area contributed by atoms with E-state index in [4.69, 9.17) is 10.7 Å². The summed E-state index contributed by atoms with van der Waals surface area (Å²) in [5, 5.41) is 0. The zero-order valence-electron chi connectivity index (χ0n) is 7.23. The van der Waals surface area contributed by atoms with Crippen molar-refractivity contribution in [2.75, 3.05) is 19.0 Å². The van der Waals surface area contributed by atoms with Crippen LogP contribution in [0.1, 0.15) is 0 Å². The van der Waals surface area contributed by atoms with Crippen molar-refractivity contribution >= 4 is 25.6 Å². The highest BCUT2D eigenvalue weighted by molar-refractivity contribution is 8.13. The van der Waals surface area contributed by atoms with Gasteiger partial charge in [-0.2, -0.15) is 0 Å². The van der Waals surface area contributed by atoms with Crippen LogP contribution >= 0.6 is 10.7 Å². The molecule has 1 heterocycles. The Morgan fingerprint density at radius 3 is 2.31 bits per heavy atom. The van der Waals surface area contributed by atoms with E-state index in [1.54, 1.807) is 11.0 Å². The van der Waals surface area contributed by atoms with Gasteiger partial charge in [0, 0.05) is 31.0 Å². The molecule has 13 heavy (non-hydrogen) atoms. The molecule has 0 unspecified atom stereocenters. The van der Waals surface area contributed by atoms with Crippen molar-refractivity contribution in [2.45, 2.75) is 4.90 Å². The van der Waals surface area contributed by atoms with Crippen molar-refractivity contribution < 1.29 is 8.42 Å². The molecule has 0 spiro atoms. The molecule has 0 radical (unpaired) electrons. The molecule has 0 aliphatic carbocycles. The third-order valence-corrected chi connectivity index (χ3v) is 2.80. The van der Waals surface area contributed by atoms with E-state index in [1.165, 1.54) is 12.3 Å². The van der Waals surface area contributed by atoms with Crippen LogP contribution in [0.3, 0.4) is 0 Å². The van der Waals surface area contributed by atoms with Gasteiger partial charge in [-0.15, -0.1) is 0 Å². The van der Waals surface area contributed by atoms with Crippen LogP contribution in [0, 0.1) is 0 Å². The quantitative estimate of drug-likeness (QED) is 0.700. The Hall–Kier alpha value is -0.810. The van der Waals surface area contributed by atoms with Crippen LogP contribution in [-0.2, 0) is 9.05 Å². The molecule has 1 rings (SSSR count). The monoisotopic (exact) mass is 220 g/mol. The minimum Gasteiger partial charge on any atom is -0.363 e. The molecule has 0 saturated heterocycles. The number of rotatable bonds is 2. The first kappa shape index (κ1) is 10.3. The molecule has 0 aromatic carbocycles. The maximum absolute atomic E-state index is 10.8. The summed E-state index contributed by atoms with van der Waals surface area (Å²) >= 11 is 0. The van der Waals surface area contributed by atoms with Crippen LogP contribution in [0.25, 0.3) is 0 Å². The van der Waals surface area contributed by atoms with Crippen LogP contribution < -0.4 is 4.90 Å². The molecule has 0 fully saturated rings. The summed E-state index contributed by atoms with van der Waals surface area (Å²) in [5.41, 5.74) is 0. The van der Waals surface area contributed by atoms with Gasteiger partial charge in [0.2, 0.25) is 0 Å². The molecule has 0 amide bonds. The van der Waals surface area contributed by atoms with Gasteiger partial charge in [-0.25, -0.2) is 13.4 Å². The predicted octanol–water partition coefficient (Wildman–Crippen LogP) is 1.08. The standard InChI is InChI=1S/C7H9ClN2O2S/c1-10(2)7-4-3-6(5-9-7)13(8,11)12/h3-5H,1-2H3. The maximum atomic E-state index is 10.8. The maximum Gasteiger partial charge on any atom is 0.262 e. The lowest BCUT2D eigenvalue weighted by molar-refractivity contribution is 0.609. The molecule has 0 atom stereocenters. The molecule has 0 saturated carbocycles. The van der Waals surface area contributed by atoms with Gasteiger partial charge < -0.3 is 4.90 Å². The molecule has 0 aliphatic heterocycles. The van der Waals surface area contributed by atoms with Crippen molar-refractivity contribution in [2.24, 2.45) is 0 Å². The Balaban J connectivity index is 3.08. The van der Waals surface area contributed by atoms with Crippen molar-refractivity contribution in [3.8, 4) is 0 Å². The first-order chi connectivity index (χ1) is 5.91. The zero-order chi connectivity index (χ0) is 10.1. The molecular formula is C7H9ClN2O2S. The number of aromatic nitrogens is 1. The van der Waals surface area contributed by atoms with E-state index in [0.717, 1.165) is 0 Å². The summed E-state index contributed by atoms with van der Waals surface area (Å²) in [5.74, 6) is 0.684. The third kappa shape index (κ3) is 2.57. The summed E-state index contributed by atoms with van der Waals surface area (Å²) < 4.78 is 21.7. The molecule has 0 N–H and O–H groups in total. The molecule has 4 nitrogen and oxygen atoms in total. The number of nitrogens with zero attached hydrogens (tertiary/aromatic N) is 2. The number of pyridine rings is 1. The van der Waals surface area contributed by atoms with Gasteiger partial charge in [0.15, 0.2) is 0 Å². The third-order valence-electron chi connectivity index (χ3n) is 1.46. The Kier molecular flexibility index (Phi) is 2.77. The van der Waals surface area contributed by atoms with Gasteiger partial charge in [-0.05, 0) is 12.1 Å². The summed E-state index contributed by atoms with van der Waals surface area (Å²) in [6.45, 7) is 0. The molecule has 72 valence electrons. The molecule has 0 bridgehead atoms. The van der Waals surface area contributed by atoms with Crippen LogP contribution in [0.15, 0.2) is 23.2 Å². The summed E-state index contributed by atoms with van der Waals surface area (Å²) in [6.07, 6.45) is 1.23. The first-order valence-corrected chi connectivity index (χ1v) is 5.80. The smallest absolute Gasteiger partial charge is 0.262 e. The van der Waals surface area contributed by atoms with Crippen LogP contribution in [0.2, 0.25) is 0 Å². The molecule has 1 aromatic heterocycles. The molecule has 0 aliphatic rings. The lowest BCUT2D eigenvalue weighted by Crippen LogP contribution is -2.10. The van der Waals surface area contributed by atoms with E-state index in [9.17, 15) is 8.42 Å². The molecule has 6 heteroatoms. The van der Waals surface area contributed by atoms with Gasteiger partial charge >= 0.3 is 0 Å². The summed E-state index contributed by atoms with van der Waals surface area (Å²) in [4.78, 5) is 5.69. The lowest BCUT2D eigenvalue weighted by Gasteiger charge is -2.10. The normalized spacial score (nSPS) is 11.3. The second-order valence-electron chi connectivity index (χ2n) is 2.68. The van der Waals surface area contributed by atoms with Crippen molar-refractivity contribution in [3.63, 3.8) is 0 Å². The fourth-order valence-electron chi connectivity index (χ4n) is 0.781. The number of anilines is 1. The highest BCUT2D eigenvalue weighted by Crippen LogP contribution is 2.15. The van der Waals surface area contributed by atoms with E-state index in [1.807, 2.05) is 14.1 Å². The van der Waals surface area contributed by atoms with E-state index < -0.39 is 9.05 Å². The summed E-state index contributed by atoms with van der Waals surface area (Å²) in [6, 6.07) is 3.01. The number of hydrogen-bond acceptors (Lipinski definition) is 4. The highest BCUT2D eigenvalue weighted by atomic mass is 35.7. The number of halogens is 1. The minimum atomic E-state index is -3.65. The fourth-order valence-corrected chi connectivity index (χ4v) is 1.46. The van der Waals surface area contributed by atoms with Crippen molar-refractivity contribution in [1.29, 1.82) is 0 Å². The van der Waals surface area contributed by atoms with Crippen molar-refractivity contribution in [1.82, 2.24) is 4.98 Å². The van der Waals surface area contributed by atoms with E-state index in [-0.39, 0.29) is 4.90 Å². The van der Waals surface area contributed by atoms with Crippen molar-refractivity contribution in [3.05, 3.63) is 18.3 Å². The second-order valence-corrected chi connectivity index (χ2v) is 5.25. The number of hydrogen-bond donors (Lipinski definition) is 0. The molecular weight excluding hydrogens is 212 g/mol. The van der Waals surface area contributed by atoms with Gasteiger partial charge in [-0.1, -0.05) is 0 Å². The Morgan fingerprint density at radius 2 is 2.00 bits per heavy atom. The first-order valence-electron chi connectivity index (χ1n) is 3.49. The molecule has 1 aromatic rings. The average Bonchev–Trinajstić information content (AvgIpc) is 2.03. The Morgan fingerprint density at radius 1 is 1.38 bits per heavy atom. The highest BCUT2D eigenvalue weighted by Gasteiger charge is 2.09. The topological polar surface area (TPSA) is 50.3 Å². The summed E-state index contributed by atoms with van der Waals surface area (Å²) in [7, 11) is 5.09. The van der Waals surface area contributed by atoms with E-state index in [0.29, 0.717) is 5.82 Å². The van der Waals surface area contributed by atoms with E-state index >= 15 is 0 Å². The van der Waals surface area contributed by atoms with Gasteiger partial charge in [-0.3, -0.25) is 0 Å². The lowest BCUT2D eigenvalue weighted by atomic mass is 10.4. The predicted molar refractivity (Wildman–Crippen MR) is 51.6 cm³/mol. The van der Waals surface area contributed by atoms with Gasteiger partial charge in [0.1, 0.15) is 10.7 Å². The van der Waals surface area contributed by atoms with E-state index in [2.05, 4.69) is 4.98 Å². The van der Waals surface area contributed by atoms with Crippen LogP contribution in [-0.4, -0.2) is 27.5 Å². The van der Waals surface area contributed by atoms with Crippen LogP contribution in [0.4, 0.5) is 5.82 Å². The Labute approximate surface area is 81.6 Å². The second kappa shape index (κ2) is 3.51. The average molecular weight is 221 g/mol. The minimum absolute atomic E-state index is 0.0137.